The Morgan fingerprint density at radius 1 is 1.35 bits per heavy atom. The smallest absolute Gasteiger partial charge is 0.321 e. The summed E-state index contributed by atoms with van der Waals surface area (Å²) in [6, 6.07) is 6.24. The average Bonchev–Trinajstić information content (AvgIpc) is 2.98. The third-order valence-corrected chi connectivity index (χ3v) is 2.67. The van der Waals surface area contributed by atoms with Gasteiger partial charge in [0.05, 0.1) is 0 Å². The molecule has 8 heteroatoms. The second-order valence-corrected chi connectivity index (χ2v) is 4.50. The molecule has 2 N–H and O–H groups in total. The van der Waals surface area contributed by atoms with Gasteiger partial charge in [-0.2, -0.15) is 4.98 Å². The van der Waals surface area contributed by atoms with Crippen molar-refractivity contribution >= 4 is 11.9 Å². The van der Waals surface area contributed by atoms with Crippen LogP contribution in [0.4, 0.5) is 4.79 Å². The van der Waals surface area contributed by atoms with E-state index in [1.807, 2.05) is 0 Å². The number of carbonyl (C=O) groups is 2. The topological polar surface area (TPSA) is 106 Å². The standard InChI is InChI=1S/C15H16N4O4/c1-3-8-16-15(21)18-13(20)9-22-12-6-4-11(5-7-12)14-17-10(2)23-19-14/h3-7H,1,8-9H2,2H3,(H2,16,18,20,21). The van der Waals surface area contributed by atoms with Crippen molar-refractivity contribution in [3.63, 3.8) is 0 Å². The number of nitrogens with one attached hydrogen (secondary N) is 2. The minimum absolute atomic E-state index is 0.275. The highest BCUT2D eigenvalue weighted by atomic mass is 16.5. The Morgan fingerprint density at radius 3 is 2.70 bits per heavy atom. The lowest BCUT2D eigenvalue weighted by atomic mass is 10.2. The summed E-state index contributed by atoms with van der Waals surface area (Å²) >= 11 is 0. The van der Waals surface area contributed by atoms with Gasteiger partial charge in [0.1, 0.15) is 5.75 Å². The van der Waals surface area contributed by atoms with Crippen molar-refractivity contribution in [2.75, 3.05) is 13.2 Å². The van der Waals surface area contributed by atoms with Crippen LogP contribution in [0.25, 0.3) is 11.4 Å². The fraction of sp³-hybridized carbons (Fsp3) is 0.200. The number of carbonyl (C=O) groups excluding carboxylic acids is 2. The quantitative estimate of drug-likeness (QED) is 0.781. The van der Waals surface area contributed by atoms with Gasteiger partial charge < -0.3 is 14.6 Å². The summed E-state index contributed by atoms with van der Waals surface area (Å²) in [6.07, 6.45) is 1.51. The van der Waals surface area contributed by atoms with E-state index < -0.39 is 11.9 Å². The van der Waals surface area contributed by atoms with Gasteiger partial charge in [-0.15, -0.1) is 6.58 Å². The van der Waals surface area contributed by atoms with E-state index in [1.165, 1.54) is 6.08 Å². The first-order valence-electron chi connectivity index (χ1n) is 6.80. The van der Waals surface area contributed by atoms with E-state index in [0.29, 0.717) is 17.5 Å². The zero-order valence-electron chi connectivity index (χ0n) is 12.5. The summed E-state index contributed by atoms with van der Waals surface area (Å²) in [5, 5.41) is 8.36. The molecule has 1 aromatic carbocycles. The summed E-state index contributed by atoms with van der Waals surface area (Å²) in [4.78, 5) is 26.9. The lowest BCUT2D eigenvalue weighted by Gasteiger charge is -2.07. The molecule has 0 unspecified atom stereocenters. The van der Waals surface area contributed by atoms with Crippen LogP contribution in [0.3, 0.4) is 0 Å². The molecule has 23 heavy (non-hydrogen) atoms. The van der Waals surface area contributed by atoms with Crippen molar-refractivity contribution in [3.05, 3.63) is 42.8 Å². The molecule has 0 radical (unpaired) electrons. The lowest BCUT2D eigenvalue weighted by molar-refractivity contribution is -0.122. The highest BCUT2D eigenvalue weighted by Gasteiger charge is 2.09. The van der Waals surface area contributed by atoms with E-state index in [2.05, 4.69) is 27.4 Å². The molecule has 0 atom stereocenters. The number of nitrogens with zero attached hydrogens (tertiary/aromatic N) is 2. The number of imide groups is 1. The van der Waals surface area contributed by atoms with E-state index in [9.17, 15) is 9.59 Å². The molecule has 0 saturated carbocycles. The van der Waals surface area contributed by atoms with Crippen LogP contribution in [0.5, 0.6) is 5.75 Å². The number of urea groups is 1. The molecule has 8 nitrogen and oxygen atoms in total. The molecule has 0 spiro atoms. The summed E-state index contributed by atoms with van der Waals surface area (Å²) in [6.45, 7) is 5.16. The van der Waals surface area contributed by atoms with Crippen LogP contribution < -0.4 is 15.4 Å². The van der Waals surface area contributed by atoms with E-state index in [-0.39, 0.29) is 13.2 Å². The van der Waals surface area contributed by atoms with Crippen LogP contribution in [-0.2, 0) is 4.79 Å². The number of hydrogen-bond donors (Lipinski definition) is 2. The molecule has 120 valence electrons. The van der Waals surface area contributed by atoms with Gasteiger partial charge in [-0.25, -0.2) is 4.79 Å². The van der Waals surface area contributed by atoms with Crippen LogP contribution in [0, 0.1) is 6.92 Å². The minimum atomic E-state index is -0.596. The summed E-state index contributed by atoms with van der Waals surface area (Å²) in [5.74, 6) is 0.887. The molecular formula is C15H16N4O4. The lowest BCUT2D eigenvalue weighted by Crippen LogP contribution is -2.41. The molecular weight excluding hydrogens is 300 g/mol. The van der Waals surface area contributed by atoms with E-state index in [1.54, 1.807) is 31.2 Å². The van der Waals surface area contributed by atoms with Gasteiger partial charge in [-0.1, -0.05) is 11.2 Å². The number of amides is 3. The number of ether oxygens (including phenoxy) is 1. The van der Waals surface area contributed by atoms with Crippen LogP contribution in [0.15, 0.2) is 41.4 Å². The molecule has 0 saturated heterocycles. The summed E-state index contributed by atoms with van der Waals surface area (Å²) in [5.41, 5.74) is 0.766. The van der Waals surface area contributed by atoms with E-state index in [4.69, 9.17) is 9.26 Å². The van der Waals surface area contributed by atoms with Gasteiger partial charge in [0, 0.05) is 19.0 Å². The number of rotatable bonds is 6. The Hall–Kier alpha value is -3.16. The van der Waals surface area contributed by atoms with Crippen LogP contribution in [0.1, 0.15) is 5.89 Å². The van der Waals surface area contributed by atoms with Gasteiger partial charge in [-0.05, 0) is 24.3 Å². The Balaban J connectivity index is 1.83. The highest BCUT2D eigenvalue weighted by molar-refractivity contribution is 5.95. The fourth-order valence-electron chi connectivity index (χ4n) is 1.64. The Morgan fingerprint density at radius 2 is 2.09 bits per heavy atom. The summed E-state index contributed by atoms with van der Waals surface area (Å²) in [7, 11) is 0. The molecule has 1 aromatic heterocycles. The zero-order valence-corrected chi connectivity index (χ0v) is 12.5. The summed E-state index contributed by atoms with van der Waals surface area (Å²) < 4.78 is 10.2. The molecule has 0 aliphatic carbocycles. The third kappa shape index (κ3) is 4.95. The molecule has 0 bridgehead atoms. The molecule has 0 fully saturated rings. The molecule has 2 aromatic rings. The Kier molecular flexibility index (Phi) is 5.45. The van der Waals surface area contributed by atoms with Crippen molar-refractivity contribution in [1.82, 2.24) is 20.8 Å². The predicted molar refractivity (Wildman–Crippen MR) is 81.7 cm³/mol. The second-order valence-electron chi connectivity index (χ2n) is 4.50. The average molecular weight is 316 g/mol. The zero-order chi connectivity index (χ0) is 16.7. The molecule has 1 heterocycles. The van der Waals surface area contributed by atoms with E-state index in [0.717, 1.165) is 5.56 Å². The van der Waals surface area contributed by atoms with Crippen molar-refractivity contribution in [1.29, 1.82) is 0 Å². The SMILES string of the molecule is C=CCNC(=O)NC(=O)COc1ccc(-c2noc(C)n2)cc1. The van der Waals surface area contributed by atoms with Gasteiger partial charge >= 0.3 is 6.03 Å². The van der Waals surface area contributed by atoms with Gasteiger partial charge in [0.15, 0.2) is 6.61 Å². The van der Waals surface area contributed by atoms with Gasteiger partial charge in [0.25, 0.3) is 5.91 Å². The Labute approximate surface area is 132 Å². The Bertz CT molecular complexity index is 694. The third-order valence-electron chi connectivity index (χ3n) is 2.67. The second kappa shape index (κ2) is 7.74. The van der Waals surface area contributed by atoms with Gasteiger partial charge in [-0.3, -0.25) is 10.1 Å². The van der Waals surface area contributed by atoms with E-state index >= 15 is 0 Å². The number of aromatic nitrogens is 2. The minimum Gasteiger partial charge on any atom is -0.484 e. The van der Waals surface area contributed by atoms with Gasteiger partial charge in [0.2, 0.25) is 11.7 Å². The maximum atomic E-state index is 11.5. The first-order chi connectivity index (χ1) is 11.1. The van der Waals surface area contributed by atoms with Crippen LogP contribution in [0.2, 0.25) is 0 Å². The van der Waals surface area contributed by atoms with Crippen LogP contribution >= 0.6 is 0 Å². The number of hydrogen-bond acceptors (Lipinski definition) is 6. The van der Waals surface area contributed by atoms with Crippen molar-refractivity contribution < 1.29 is 18.8 Å². The van der Waals surface area contributed by atoms with Crippen molar-refractivity contribution in [2.45, 2.75) is 6.92 Å². The monoisotopic (exact) mass is 316 g/mol. The van der Waals surface area contributed by atoms with Crippen molar-refractivity contribution in [2.24, 2.45) is 0 Å². The maximum Gasteiger partial charge on any atom is 0.321 e. The fourth-order valence-corrected chi connectivity index (χ4v) is 1.64. The number of benzene rings is 1. The van der Waals surface area contributed by atoms with Crippen molar-refractivity contribution in [3.8, 4) is 17.1 Å². The van der Waals surface area contributed by atoms with Crippen LogP contribution in [-0.4, -0.2) is 35.2 Å². The molecule has 3 amide bonds. The maximum absolute atomic E-state index is 11.5. The normalized spacial score (nSPS) is 9.96. The predicted octanol–water partition coefficient (Wildman–Crippen LogP) is 1.44. The highest BCUT2D eigenvalue weighted by Crippen LogP contribution is 2.19. The molecule has 2 rings (SSSR count). The number of aryl methyl sites for hydroxylation is 1. The largest absolute Gasteiger partial charge is 0.484 e. The first kappa shape index (κ1) is 16.2. The first-order valence-corrected chi connectivity index (χ1v) is 6.80. The molecule has 0 aliphatic rings. The molecule has 0 aliphatic heterocycles.